The van der Waals surface area contributed by atoms with Crippen LogP contribution < -0.4 is 4.74 Å². The van der Waals surface area contributed by atoms with Gasteiger partial charge < -0.3 is 14.4 Å². The molecule has 1 saturated carbocycles. The molecule has 2 aliphatic heterocycles. The number of sulfonamides is 1. The third-order valence-corrected chi connectivity index (χ3v) is 9.33. The highest BCUT2D eigenvalue weighted by atomic mass is 32.2. The predicted octanol–water partition coefficient (Wildman–Crippen LogP) is 4.47. The number of aromatic hydroxyl groups is 1. The first-order valence-electron chi connectivity index (χ1n) is 11.6. The van der Waals surface area contributed by atoms with E-state index in [2.05, 4.69) is 4.99 Å². The van der Waals surface area contributed by atoms with E-state index in [1.54, 1.807) is 16.4 Å². The maximum absolute atomic E-state index is 13.6. The Morgan fingerprint density at radius 2 is 1.94 bits per heavy atom. The highest BCUT2D eigenvalue weighted by molar-refractivity contribution is 7.89. The molecular weight excluding hydrogens is 438 g/mol. The van der Waals surface area contributed by atoms with E-state index in [1.807, 2.05) is 47.2 Å². The Labute approximate surface area is 193 Å². The van der Waals surface area contributed by atoms with Gasteiger partial charge in [-0.15, -0.1) is 0 Å². The van der Waals surface area contributed by atoms with E-state index in [0.29, 0.717) is 24.4 Å². The van der Waals surface area contributed by atoms with E-state index in [4.69, 9.17) is 4.74 Å². The van der Waals surface area contributed by atoms with Gasteiger partial charge in [0.05, 0.1) is 16.5 Å². The van der Waals surface area contributed by atoms with Crippen molar-refractivity contribution in [1.29, 1.82) is 0 Å². The van der Waals surface area contributed by atoms with E-state index < -0.39 is 10.0 Å². The summed E-state index contributed by atoms with van der Waals surface area (Å²) in [6, 6.07) is 14.3. The fourth-order valence-electron chi connectivity index (χ4n) is 5.36. The summed E-state index contributed by atoms with van der Waals surface area (Å²) >= 11 is 0. The molecule has 1 atom stereocenters. The van der Waals surface area contributed by atoms with E-state index in [1.165, 1.54) is 6.42 Å². The SMILES string of the molecule is O=S(=O)(c1ccc2c(c1)c(O)c1n2CC2(C=N1)CCC2)N1CCC[C@H]1COc1ccccc1. The maximum atomic E-state index is 13.6. The number of aromatic nitrogens is 1. The zero-order valence-electron chi connectivity index (χ0n) is 18.4. The Morgan fingerprint density at radius 1 is 1.12 bits per heavy atom. The lowest BCUT2D eigenvalue weighted by molar-refractivity contribution is 0.203. The molecule has 1 aliphatic carbocycles. The van der Waals surface area contributed by atoms with Gasteiger partial charge in [0.15, 0.2) is 11.6 Å². The van der Waals surface area contributed by atoms with Gasteiger partial charge in [-0.2, -0.15) is 4.31 Å². The first-order chi connectivity index (χ1) is 16.0. The van der Waals surface area contributed by atoms with Gasteiger partial charge >= 0.3 is 0 Å². The van der Waals surface area contributed by atoms with Crippen molar-refractivity contribution in [3.8, 4) is 11.5 Å². The van der Waals surface area contributed by atoms with Crippen LogP contribution in [0.25, 0.3) is 10.9 Å². The second-order valence-corrected chi connectivity index (χ2v) is 11.3. The minimum Gasteiger partial charge on any atom is -0.504 e. The topological polar surface area (TPSA) is 84.1 Å². The number of hydrogen-bond donors (Lipinski definition) is 1. The van der Waals surface area contributed by atoms with Crippen LogP contribution in [0, 0.1) is 5.41 Å². The van der Waals surface area contributed by atoms with Crippen molar-refractivity contribution in [2.24, 2.45) is 10.4 Å². The van der Waals surface area contributed by atoms with Gasteiger partial charge in [-0.1, -0.05) is 24.6 Å². The summed E-state index contributed by atoms with van der Waals surface area (Å²) in [6.45, 7) is 1.56. The molecule has 1 saturated heterocycles. The zero-order chi connectivity index (χ0) is 22.6. The van der Waals surface area contributed by atoms with Crippen LogP contribution in [0.1, 0.15) is 32.1 Å². The summed E-state index contributed by atoms with van der Waals surface area (Å²) < 4.78 is 36.6. The van der Waals surface area contributed by atoms with Gasteiger partial charge in [0.1, 0.15) is 12.4 Å². The molecule has 0 amide bonds. The van der Waals surface area contributed by atoms with Crippen LogP contribution in [0.5, 0.6) is 11.5 Å². The molecular formula is C25H27N3O4S. The number of fused-ring (bicyclic) bond motifs is 3. The molecule has 3 heterocycles. The number of rotatable bonds is 5. The molecule has 3 aromatic rings. The largest absolute Gasteiger partial charge is 0.504 e. The lowest BCUT2D eigenvalue weighted by Crippen LogP contribution is -2.39. The van der Waals surface area contributed by atoms with Gasteiger partial charge in [0.2, 0.25) is 10.0 Å². The van der Waals surface area contributed by atoms with E-state index in [9.17, 15) is 13.5 Å². The van der Waals surface area contributed by atoms with Crippen molar-refractivity contribution in [3.05, 3.63) is 48.5 Å². The van der Waals surface area contributed by atoms with Gasteiger partial charge in [-0.25, -0.2) is 13.4 Å². The van der Waals surface area contributed by atoms with Crippen molar-refractivity contribution in [2.75, 3.05) is 13.2 Å². The predicted molar refractivity (Wildman–Crippen MR) is 127 cm³/mol. The summed E-state index contributed by atoms with van der Waals surface area (Å²) in [6.07, 6.45) is 6.93. The summed E-state index contributed by atoms with van der Waals surface area (Å²) in [7, 11) is -3.72. The highest BCUT2D eigenvalue weighted by Gasteiger charge is 2.40. The molecule has 3 aliphatic rings. The molecule has 7 nitrogen and oxygen atoms in total. The van der Waals surface area contributed by atoms with Gasteiger partial charge in [-0.05, 0) is 56.0 Å². The molecule has 1 aromatic heterocycles. The van der Waals surface area contributed by atoms with Crippen LogP contribution in [-0.4, -0.2) is 47.8 Å². The van der Waals surface area contributed by atoms with Crippen LogP contribution in [0.2, 0.25) is 0 Å². The minimum atomic E-state index is -3.72. The summed E-state index contributed by atoms with van der Waals surface area (Å²) in [5.41, 5.74) is 0.910. The van der Waals surface area contributed by atoms with Crippen molar-refractivity contribution in [1.82, 2.24) is 8.87 Å². The Bertz CT molecular complexity index is 1340. The number of aliphatic imine (C=N–C) groups is 1. The molecule has 6 rings (SSSR count). The van der Waals surface area contributed by atoms with Gasteiger partial charge in [0, 0.05) is 30.1 Å². The number of hydrogen-bond acceptors (Lipinski definition) is 5. The number of nitrogens with zero attached hydrogens (tertiary/aromatic N) is 3. The first kappa shape index (κ1) is 20.7. The second-order valence-electron chi connectivity index (χ2n) is 9.45. The fourth-order valence-corrected chi connectivity index (χ4v) is 7.07. The number of benzene rings is 2. The zero-order valence-corrected chi connectivity index (χ0v) is 19.2. The smallest absolute Gasteiger partial charge is 0.243 e. The molecule has 1 spiro atoms. The summed E-state index contributed by atoms with van der Waals surface area (Å²) in [5, 5.41) is 11.4. The molecule has 2 aromatic carbocycles. The van der Waals surface area contributed by atoms with Crippen molar-refractivity contribution in [3.63, 3.8) is 0 Å². The van der Waals surface area contributed by atoms with Crippen LogP contribution in [0.3, 0.4) is 0 Å². The molecule has 0 radical (unpaired) electrons. The van der Waals surface area contributed by atoms with Gasteiger partial charge in [-0.3, -0.25) is 0 Å². The average Bonchev–Trinajstić information content (AvgIpc) is 3.40. The van der Waals surface area contributed by atoms with Crippen molar-refractivity contribution >= 4 is 33.0 Å². The molecule has 1 N–H and O–H groups in total. The highest BCUT2D eigenvalue weighted by Crippen LogP contribution is 2.49. The first-order valence-corrected chi connectivity index (χ1v) is 13.0. The molecule has 0 unspecified atom stereocenters. The van der Waals surface area contributed by atoms with Crippen LogP contribution in [-0.2, 0) is 16.6 Å². The lowest BCUT2D eigenvalue weighted by atomic mass is 9.69. The standard InChI is InChI=1S/C25H27N3O4S/c29-23-21-14-20(9-10-22(21)27-17-25(11-5-12-25)16-26-24(23)27)33(30,31)28-13-4-6-18(28)15-32-19-7-2-1-3-8-19/h1-3,7-10,14,16,18,29H,4-6,11-13,15,17H2/t18-/m0/s1. The quantitative estimate of drug-likeness (QED) is 0.603. The lowest BCUT2D eigenvalue weighted by Gasteiger charge is -2.41. The Balaban J connectivity index is 1.30. The van der Waals surface area contributed by atoms with Gasteiger partial charge in [0.25, 0.3) is 0 Å². The van der Waals surface area contributed by atoms with E-state index in [-0.39, 0.29) is 22.1 Å². The van der Waals surface area contributed by atoms with Crippen LogP contribution in [0.15, 0.2) is 58.4 Å². The second kappa shape index (κ2) is 7.60. The molecule has 33 heavy (non-hydrogen) atoms. The summed E-state index contributed by atoms with van der Waals surface area (Å²) in [4.78, 5) is 4.75. The van der Waals surface area contributed by atoms with Crippen LogP contribution in [0.4, 0.5) is 5.82 Å². The monoisotopic (exact) mass is 465 g/mol. The summed E-state index contributed by atoms with van der Waals surface area (Å²) in [5.74, 6) is 1.31. The molecule has 8 heteroatoms. The van der Waals surface area contributed by atoms with Crippen LogP contribution >= 0.6 is 0 Å². The average molecular weight is 466 g/mol. The third kappa shape index (κ3) is 3.35. The Hall–Kier alpha value is -2.84. The van der Waals surface area contributed by atoms with E-state index >= 15 is 0 Å². The number of ether oxygens (including phenoxy) is 1. The van der Waals surface area contributed by atoms with E-state index in [0.717, 1.165) is 43.5 Å². The molecule has 2 fully saturated rings. The molecule has 172 valence electrons. The normalized spacial score (nSPS) is 21.9. The Morgan fingerprint density at radius 3 is 2.70 bits per heavy atom. The minimum absolute atomic E-state index is 0.0536. The number of para-hydroxylation sites is 1. The Kier molecular flexibility index (Phi) is 4.78. The molecule has 0 bridgehead atoms. The fraction of sp³-hybridized carbons (Fsp3) is 0.400. The maximum Gasteiger partial charge on any atom is 0.243 e. The third-order valence-electron chi connectivity index (χ3n) is 7.38. The van der Waals surface area contributed by atoms with Crippen molar-refractivity contribution in [2.45, 2.75) is 49.6 Å². The van der Waals surface area contributed by atoms with Crippen molar-refractivity contribution < 1.29 is 18.3 Å².